The summed E-state index contributed by atoms with van der Waals surface area (Å²) in [6.45, 7) is 16.7. The molecule has 2 aliphatic rings. The summed E-state index contributed by atoms with van der Waals surface area (Å²) in [5.41, 5.74) is 2.53. The van der Waals surface area contributed by atoms with Crippen LogP contribution in [0.2, 0.25) is 0 Å². The molecular formula is C31H50O. The van der Waals surface area contributed by atoms with E-state index in [0.717, 1.165) is 24.7 Å². The zero-order valence-corrected chi connectivity index (χ0v) is 22.1. The molecule has 1 aromatic rings. The fourth-order valence-corrected chi connectivity index (χ4v) is 7.64. The third-order valence-corrected chi connectivity index (χ3v) is 9.59. The topological polar surface area (TPSA) is 17.1 Å². The van der Waals surface area contributed by atoms with E-state index in [1.807, 2.05) is 0 Å². The summed E-state index contributed by atoms with van der Waals surface area (Å²) in [6.07, 6.45) is 11.2. The monoisotopic (exact) mass is 438 g/mol. The molecule has 180 valence electrons. The van der Waals surface area contributed by atoms with E-state index in [1.165, 1.54) is 55.9 Å². The van der Waals surface area contributed by atoms with Gasteiger partial charge >= 0.3 is 0 Å². The molecule has 2 fully saturated rings. The molecule has 1 heteroatoms. The van der Waals surface area contributed by atoms with Gasteiger partial charge in [-0.2, -0.15) is 0 Å². The maximum Gasteiger partial charge on any atom is 0.127 e. The minimum atomic E-state index is -0.235. The van der Waals surface area contributed by atoms with Gasteiger partial charge in [0.25, 0.3) is 0 Å². The van der Waals surface area contributed by atoms with Gasteiger partial charge in [-0.1, -0.05) is 85.6 Å². The summed E-state index contributed by atoms with van der Waals surface area (Å²) < 4.78 is 0. The number of benzene rings is 1. The van der Waals surface area contributed by atoms with Crippen molar-refractivity contribution in [2.45, 2.75) is 99.8 Å². The minimum absolute atomic E-state index is 0.235. The van der Waals surface area contributed by atoms with E-state index < -0.39 is 0 Å². The molecule has 32 heavy (non-hydrogen) atoms. The van der Waals surface area contributed by atoms with Crippen molar-refractivity contribution in [3.8, 4) is 0 Å². The SMILES string of the molecule is CCc1ccc(CC(C=O)(C2CC(C)CCC2C(C)C)C2CC(C)CCC2C(C)C)cc1. The van der Waals surface area contributed by atoms with E-state index in [1.54, 1.807) is 0 Å². The molecule has 0 radical (unpaired) electrons. The second kappa shape index (κ2) is 10.9. The van der Waals surface area contributed by atoms with Crippen LogP contribution in [0.3, 0.4) is 0 Å². The Labute approximate surface area is 199 Å². The van der Waals surface area contributed by atoms with Crippen LogP contribution in [-0.4, -0.2) is 6.29 Å². The predicted molar refractivity (Wildman–Crippen MR) is 138 cm³/mol. The summed E-state index contributed by atoms with van der Waals surface area (Å²) >= 11 is 0. The number of rotatable bonds is 8. The van der Waals surface area contributed by atoms with Gasteiger partial charge in [-0.05, 0) is 97.0 Å². The third kappa shape index (κ3) is 5.34. The number of aryl methyl sites for hydroxylation is 1. The molecule has 3 rings (SSSR count). The Morgan fingerprint density at radius 3 is 1.62 bits per heavy atom. The zero-order chi connectivity index (χ0) is 23.5. The molecule has 0 aromatic heterocycles. The van der Waals surface area contributed by atoms with Gasteiger partial charge in [0, 0.05) is 5.41 Å². The first kappa shape index (κ1) is 25.5. The Kier molecular flexibility index (Phi) is 8.67. The van der Waals surface area contributed by atoms with Gasteiger partial charge in [0.2, 0.25) is 0 Å². The third-order valence-electron chi connectivity index (χ3n) is 9.59. The van der Waals surface area contributed by atoms with Crippen LogP contribution >= 0.6 is 0 Å². The lowest BCUT2D eigenvalue weighted by atomic mass is 9.49. The normalized spacial score (nSPS) is 33.3. The lowest BCUT2D eigenvalue weighted by molar-refractivity contribution is -0.135. The van der Waals surface area contributed by atoms with Crippen molar-refractivity contribution >= 4 is 6.29 Å². The van der Waals surface area contributed by atoms with Crippen LogP contribution in [0.25, 0.3) is 0 Å². The molecule has 1 aromatic carbocycles. The molecule has 0 bridgehead atoms. The first-order chi connectivity index (χ1) is 15.2. The maximum atomic E-state index is 13.5. The van der Waals surface area contributed by atoms with E-state index in [0.29, 0.717) is 35.5 Å². The van der Waals surface area contributed by atoms with Gasteiger partial charge in [-0.25, -0.2) is 0 Å². The molecule has 0 amide bonds. The van der Waals surface area contributed by atoms with Gasteiger partial charge in [0.1, 0.15) is 6.29 Å². The van der Waals surface area contributed by atoms with E-state index in [2.05, 4.69) is 72.7 Å². The summed E-state index contributed by atoms with van der Waals surface area (Å²) in [4.78, 5) is 13.5. The Morgan fingerprint density at radius 2 is 1.25 bits per heavy atom. The molecule has 6 atom stereocenters. The van der Waals surface area contributed by atoms with Gasteiger partial charge in [-0.15, -0.1) is 0 Å². The number of carbonyl (C=O) groups excluding carboxylic acids is 1. The van der Waals surface area contributed by atoms with Gasteiger partial charge < -0.3 is 4.79 Å². The predicted octanol–water partition coefficient (Wildman–Crippen LogP) is 8.39. The average Bonchev–Trinajstić information content (AvgIpc) is 2.77. The van der Waals surface area contributed by atoms with Crippen molar-refractivity contribution in [1.82, 2.24) is 0 Å². The van der Waals surface area contributed by atoms with Crippen LogP contribution < -0.4 is 0 Å². The Morgan fingerprint density at radius 1 is 0.812 bits per heavy atom. The number of hydrogen-bond acceptors (Lipinski definition) is 1. The first-order valence-corrected chi connectivity index (χ1v) is 13.8. The highest BCUT2D eigenvalue weighted by Crippen LogP contribution is 2.57. The Balaban J connectivity index is 2.11. The van der Waals surface area contributed by atoms with E-state index >= 15 is 0 Å². The van der Waals surface area contributed by atoms with Gasteiger partial charge in [0.15, 0.2) is 0 Å². The minimum Gasteiger partial charge on any atom is -0.303 e. The average molecular weight is 439 g/mol. The van der Waals surface area contributed by atoms with Crippen LogP contribution in [0.1, 0.15) is 98.1 Å². The summed E-state index contributed by atoms with van der Waals surface area (Å²) in [5.74, 6) is 5.09. The van der Waals surface area contributed by atoms with Crippen LogP contribution in [0.15, 0.2) is 24.3 Å². The van der Waals surface area contributed by atoms with Crippen molar-refractivity contribution < 1.29 is 4.79 Å². The van der Waals surface area contributed by atoms with E-state index in [9.17, 15) is 4.79 Å². The van der Waals surface area contributed by atoms with Crippen molar-refractivity contribution in [3.05, 3.63) is 35.4 Å². The molecule has 0 saturated heterocycles. The highest BCUT2D eigenvalue weighted by Gasteiger charge is 2.53. The maximum absolute atomic E-state index is 13.5. The molecule has 0 N–H and O–H groups in total. The van der Waals surface area contributed by atoms with Gasteiger partial charge in [-0.3, -0.25) is 0 Å². The molecule has 0 spiro atoms. The molecule has 2 aliphatic carbocycles. The number of carbonyl (C=O) groups is 1. The van der Waals surface area contributed by atoms with Crippen LogP contribution in [0, 0.1) is 52.8 Å². The van der Waals surface area contributed by atoms with Crippen LogP contribution in [0.5, 0.6) is 0 Å². The fraction of sp³-hybridized carbons (Fsp3) is 0.774. The van der Waals surface area contributed by atoms with Crippen LogP contribution in [0.4, 0.5) is 0 Å². The van der Waals surface area contributed by atoms with Crippen LogP contribution in [-0.2, 0) is 17.6 Å². The number of aldehydes is 1. The number of hydrogen-bond donors (Lipinski definition) is 0. The largest absolute Gasteiger partial charge is 0.303 e. The molecule has 2 saturated carbocycles. The van der Waals surface area contributed by atoms with E-state index in [4.69, 9.17) is 0 Å². The summed E-state index contributed by atoms with van der Waals surface area (Å²) in [5, 5.41) is 0. The van der Waals surface area contributed by atoms with Gasteiger partial charge in [0.05, 0.1) is 0 Å². The Bertz CT molecular complexity index is 682. The van der Waals surface area contributed by atoms with Crippen molar-refractivity contribution in [1.29, 1.82) is 0 Å². The first-order valence-electron chi connectivity index (χ1n) is 13.8. The standard InChI is InChI=1S/C31H50O/c1-8-25-11-13-26(14-12-25)19-31(20-32,29-17-23(6)9-15-27(29)21(2)3)30-18-24(7)10-16-28(30)22(4)5/h11-14,20-24,27-30H,8-10,15-19H2,1-7H3. The van der Waals surface area contributed by atoms with Crippen molar-refractivity contribution in [3.63, 3.8) is 0 Å². The smallest absolute Gasteiger partial charge is 0.127 e. The zero-order valence-electron chi connectivity index (χ0n) is 22.1. The highest BCUT2D eigenvalue weighted by molar-refractivity contribution is 5.62. The second-order valence-electron chi connectivity index (χ2n) is 12.4. The Hall–Kier alpha value is -1.11. The molecule has 0 aliphatic heterocycles. The van der Waals surface area contributed by atoms with Crippen molar-refractivity contribution in [2.75, 3.05) is 0 Å². The summed E-state index contributed by atoms with van der Waals surface area (Å²) in [7, 11) is 0. The van der Waals surface area contributed by atoms with Crippen molar-refractivity contribution in [2.24, 2.45) is 52.8 Å². The highest BCUT2D eigenvalue weighted by atomic mass is 16.1. The molecule has 1 nitrogen and oxygen atoms in total. The molecule has 0 heterocycles. The molecular weight excluding hydrogens is 388 g/mol. The second-order valence-corrected chi connectivity index (χ2v) is 12.4. The quantitative estimate of drug-likeness (QED) is 0.372. The fourth-order valence-electron chi connectivity index (χ4n) is 7.64. The summed E-state index contributed by atoms with van der Waals surface area (Å²) in [6, 6.07) is 9.23. The lowest BCUT2D eigenvalue weighted by Crippen LogP contribution is -2.52. The molecule has 6 unspecified atom stereocenters. The lowest BCUT2D eigenvalue weighted by Gasteiger charge is -2.55. The van der Waals surface area contributed by atoms with E-state index in [-0.39, 0.29) is 5.41 Å².